The highest BCUT2D eigenvalue weighted by molar-refractivity contribution is 5.81. The molecular formula is C20H23N3O. The van der Waals surface area contributed by atoms with Crippen LogP contribution in [0.25, 0.3) is 6.08 Å². The van der Waals surface area contributed by atoms with Crippen LogP contribution in [0.1, 0.15) is 35.9 Å². The van der Waals surface area contributed by atoms with Crippen LogP contribution in [0.4, 0.5) is 11.5 Å². The Balaban J connectivity index is 1.70. The van der Waals surface area contributed by atoms with Gasteiger partial charge in [-0.1, -0.05) is 24.3 Å². The number of aliphatic hydroxyl groups excluding tert-OH is 1. The molecule has 3 heterocycles. The quantitative estimate of drug-likeness (QED) is 0.895. The first-order valence-corrected chi connectivity index (χ1v) is 8.52. The number of benzene rings is 1. The van der Waals surface area contributed by atoms with Gasteiger partial charge in [0.1, 0.15) is 12.0 Å². The lowest BCUT2D eigenvalue weighted by Gasteiger charge is -2.28. The summed E-state index contributed by atoms with van der Waals surface area (Å²) in [6.07, 6.45) is 5.81. The van der Waals surface area contributed by atoms with Gasteiger partial charge in [-0.2, -0.15) is 0 Å². The van der Waals surface area contributed by atoms with Gasteiger partial charge in [0.15, 0.2) is 0 Å². The maximum absolute atomic E-state index is 10.7. The second kappa shape index (κ2) is 5.96. The molecule has 1 atom stereocenters. The summed E-state index contributed by atoms with van der Waals surface area (Å²) in [5, 5.41) is 10.7. The minimum Gasteiger partial charge on any atom is -0.373 e. The van der Waals surface area contributed by atoms with E-state index in [1.54, 1.807) is 0 Å². The van der Waals surface area contributed by atoms with E-state index >= 15 is 0 Å². The van der Waals surface area contributed by atoms with E-state index in [-0.39, 0.29) is 0 Å². The molecule has 0 amide bonds. The number of anilines is 2. The zero-order chi connectivity index (χ0) is 16.7. The van der Waals surface area contributed by atoms with E-state index in [9.17, 15) is 5.11 Å². The number of hydrogen-bond donors (Lipinski definition) is 2. The van der Waals surface area contributed by atoms with E-state index in [1.807, 2.05) is 12.1 Å². The van der Waals surface area contributed by atoms with Gasteiger partial charge in [0, 0.05) is 30.0 Å². The van der Waals surface area contributed by atoms with Crippen molar-refractivity contribution in [3.8, 4) is 0 Å². The maximum Gasteiger partial charge on any atom is 0.148 e. The van der Waals surface area contributed by atoms with E-state index in [0.717, 1.165) is 54.4 Å². The number of hydrogen-bond acceptors (Lipinski definition) is 3. The molecule has 1 saturated heterocycles. The Bertz CT molecular complexity index is 782. The molecule has 4 nitrogen and oxygen atoms in total. The van der Waals surface area contributed by atoms with Gasteiger partial charge in [0.25, 0.3) is 0 Å². The molecular weight excluding hydrogens is 298 g/mol. The lowest BCUT2D eigenvalue weighted by Crippen LogP contribution is -2.25. The number of rotatable bonds is 3. The molecule has 1 fully saturated rings. The standard InChI is InChI=1S/C20H23N3O/c1-14-5-9-17(10-6-14)23-15(2)7-8-16-13-18(21-19(16)23)20(24)22-11-3-4-12-22/h5-10,13,20-21,24H,2-4,11-12H2,1H3. The Labute approximate surface area is 142 Å². The van der Waals surface area contributed by atoms with Crippen molar-refractivity contribution in [2.45, 2.75) is 26.0 Å². The highest BCUT2D eigenvalue weighted by atomic mass is 16.3. The van der Waals surface area contributed by atoms with E-state index < -0.39 is 6.23 Å². The molecule has 2 aromatic rings. The molecule has 0 saturated carbocycles. The minimum atomic E-state index is -0.570. The fourth-order valence-corrected chi connectivity index (χ4v) is 3.51. The van der Waals surface area contributed by atoms with Crippen LogP contribution < -0.4 is 4.90 Å². The third-order valence-electron chi connectivity index (χ3n) is 4.87. The van der Waals surface area contributed by atoms with Crippen molar-refractivity contribution >= 4 is 17.6 Å². The van der Waals surface area contributed by atoms with Crippen LogP contribution in [0, 0.1) is 6.92 Å². The summed E-state index contributed by atoms with van der Waals surface area (Å²) in [6, 6.07) is 10.4. The summed E-state index contributed by atoms with van der Waals surface area (Å²) in [4.78, 5) is 7.65. The molecule has 24 heavy (non-hydrogen) atoms. The Hall–Kier alpha value is -2.30. The van der Waals surface area contributed by atoms with Gasteiger partial charge >= 0.3 is 0 Å². The van der Waals surface area contributed by atoms with Crippen LogP contribution in [0.15, 0.2) is 48.7 Å². The van der Waals surface area contributed by atoms with Crippen molar-refractivity contribution in [1.29, 1.82) is 0 Å². The van der Waals surface area contributed by atoms with Gasteiger partial charge in [-0.15, -0.1) is 0 Å². The van der Waals surface area contributed by atoms with Crippen LogP contribution in [0.2, 0.25) is 0 Å². The molecule has 2 N–H and O–H groups in total. The third-order valence-corrected chi connectivity index (χ3v) is 4.87. The van der Waals surface area contributed by atoms with E-state index in [0.29, 0.717) is 0 Å². The number of H-pyrrole nitrogens is 1. The number of allylic oxidation sites excluding steroid dienone is 1. The molecule has 0 aliphatic carbocycles. The second-order valence-electron chi connectivity index (χ2n) is 6.64. The predicted molar refractivity (Wildman–Crippen MR) is 98.1 cm³/mol. The first-order chi connectivity index (χ1) is 11.6. The van der Waals surface area contributed by atoms with Crippen LogP contribution in [-0.2, 0) is 0 Å². The monoisotopic (exact) mass is 321 g/mol. The van der Waals surface area contributed by atoms with Crippen molar-refractivity contribution in [1.82, 2.24) is 9.88 Å². The molecule has 1 unspecified atom stereocenters. The van der Waals surface area contributed by atoms with Crippen molar-refractivity contribution in [2.24, 2.45) is 0 Å². The normalized spacial score (nSPS) is 18.9. The lowest BCUT2D eigenvalue weighted by atomic mass is 10.1. The van der Waals surface area contributed by atoms with Gasteiger partial charge in [-0.25, -0.2) is 0 Å². The fourth-order valence-electron chi connectivity index (χ4n) is 3.51. The molecule has 0 bridgehead atoms. The van der Waals surface area contributed by atoms with Crippen molar-refractivity contribution in [3.63, 3.8) is 0 Å². The van der Waals surface area contributed by atoms with Gasteiger partial charge in [-0.05, 0) is 50.1 Å². The predicted octanol–water partition coefficient (Wildman–Crippen LogP) is 4.09. The van der Waals surface area contributed by atoms with Gasteiger partial charge in [0.2, 0.25) is 0 Å². The van der Waals surface area contributed by atoms with Crippen molar-refractivity contribution < 1.29 is 5.11 Å². The number of aromatic nitrogens is 1. The Morgan fingerprint density at radius 1 is 1.12 bits per heavy atom. The zero-order valence-corrected chi connectivity index (χ0v) is 14.0. The van der Waals surface area contributed by atoms with E-state index in [1.165, 1.54) is 5.56 Å². The van der Waals surface area contributed by atoms with Crippen LogP contribution in [-0.4, -0.2) is 28.1 Å². The number of aliphatic hydroxyl groups is 1. The third kappa shape index (κ3) is 2.58. The molecule has 2 aliphatic heterocycles. The SMILES string of the molecule is C=C1C=Cc2cc(C(O)N3CCCC3)[nH]c2N1c1ccc(C)cc1. The Kier molecular flexibility index (Phi) is 3.79. The lowest BCUT2D eigenvalue weighted by molar-refractivity contribution is 0.0160. The molecule has 1 aromatic heterocycles. The number of likely N-dealkylation sites (tertiary alicyclic amines) is 1. The maximum atomic E-state index is 10.7. The molecule has 1 aromatic carbocycles. The Morgan fingerprint density at radius 3 is 2.54 bits per heavy atom. The first-order valence-electron chi connectivity index (χ1n) is 8.52. The summed E-state index contributed by atoms with van der Waals surface area (Å²) in [5.41, 5.74) is 5.14. The number of aryl methyl sites for hydroxylation is 1. The summed E-state index contributed by atoms with van der Waals surface area (Å²) < 4.78 is 0. The van der Waals surface area contributed by atoms with Crippen LogP contribution >= 0.6 is 0 Å². The summed E-state index contributed by atoms with van der Waals surface area (Å²) in [7, 11) is 0. The first kappa shape index (κ1) is 15.2. The van der Waals surface area contributed by atoms with Gasteiger partial charge in [0.05, 0.1) is 5.69 Å². The molecule has 2 aliphatic rings. The van der Waals surface area contributed by atoms with Crippen LogP contribution in [0.5, 0.6) is 0 Å². The Morgan fingerprint density at radius 2 is 1.83 bits per heavy atom. The summed E-state index contributed by atoms with van der Waals surface area (Å²) >= 11 is 0. The smallest absolute Gasteiger partial charge is 0.148 e. The van der Waals surface area contributed by atoms with Crippen molar-refractivity contribution in [3.05, 3.63) is 65.5 Å². The highest BCUT2D eigenvalue weighted by Gasteiger charge is 2.26. The van der Waals surface area contributed by atoms with Gasteiger partial charge < -0.3 is 10.1 Å². The molecule has 0 radical (unpaired) electrons. The molecule has 124 valence electrons. The number of nitrogens with one attached hydrogen (secondary N) is 1. The highest BCUT2D eigenvalue weighted by Crippen LogP contribution is 2.38. The van der Waals surface area contributed by atoms with Crippen LogP contribution in [0.3, 0.4) is 0 Å². The largest absolute Gasteiger partial charge is 0.373 e. The topological polar surface area (TPSA) is 42.5 Å². The number of fused-ring (bicyclic) bond motifs is 1. The van der Waals surface area contributed by atoms with Crippen molar-refractivity contribution in [2.75, 3.05) is 18.0 Å². The van der Waals surface area contributed by atoms with E-state index in [2.05, 4.69) is 58.6 Å². The molecule has 4 rings (SSSR count). The molecule has 0 spiro atoms. The fraction of sp³-hybridized carbons (Fsp3) is 0.300. The summed E-state index contributed by atoms with van der Waals surface area (Å²) in [6.45, 7) is 8.16. The zero-order valence-electron chi connectivity index (χ0n) is 14.0. The number of nitrogens with zero attached hydrogens (tertiary/aromatic N) is 2. The average molecular weight is 321 g/mol. The number of aromatic amines is 1. The molecule has 4 heteroatoms. The summed E-state index contributed by atoms with van der Waals surface area (Å²) in [5.74, 6) is 0.972. The average Bonchev–Trinajstić information content (AvgIpc) is 3.25. The van der Waals surface area contributed by atoms with Gasteiger partial charge in [-0.3, -0.25) is 9.80 Å². The minimum absolute atomic E-state index is 0.570. The van der Waals surface area contributed by atoms with E-state index in [4.69, 9.17) is 0 Å². The second-order valence-corrected chi connectivity index (χ2v) is 6.64.